The van der Waals surface area contributed by atoms with E-state index in [1.165, 1.54) is 28.2 Å². The molecular weight excluding hydrogens is 723 g/mol. The van der Waals surface area contributed by atoms with Gasteiger partial charge in [0.1, 0.15) is 40.6 Å². The third-order valence-corrected chi connectivity index (χ3v) is 10.2. The summed E-state index contributed by atoms with van der Waals surface area (Å²) in [6, 6.07) is 7.75. The highest BCUT2D eigenvalue weighted by atomic mass is 32.2. The molecule has 2 aromatic carbocycles. The van der Waals surface area contributed by atoms with Crippen molar-refractivity contribution in [1.29, 1.82) is 0 Å². The minimum Gasteiger partial charge on any atom is -0.477 e. The van der Waals surface area contributed by atoms with Gasteiger partial charge in [0.05, 0.1) is 5.39 Å². The third kappa shape index (κ3) is 7.10. The number of carboxylic acids is 1. The molecule has 3 amide bonds. The van der Waals surface area contributed by atoms with Crippen LogP contribution in [-0.2, 0) is 31.0 Å². The van der Waals surface area contributed by atoms with E-state index in [1.807, 2.05) is 0 Å². The Labute approximate surface area is 300 Å². The molecule has 0 bridgehead atoms. The first-order valence-electron chi connectivity index (χ1n) is 15.2. The summed E-state index contributed by atoms with van der Waals surface area (Å²) in [5.74, 6) is -5.28. The molecule has 0 radical (unpaired) electrons. The van der Waals surface area contributed by atoms with E-state index in [0.717, 1.165) is 37.1 Å². The Kier molecular flexibility index (Phi) is 10.1. The first-order valence-corrected chi connectivity index (χ1v) is 17.2. The molecule has 20 heteroatoms. The average Bonchev–Trinajstić information content (AvgIpc) is 3.52. The van der Waals surface area contributed by atoms with Crippen LogP contribution in [0.1, 0.15) is 35.8 Å². The van der Waals surface area contributed by atoms with Crippen LogP contribution >= 0.6 is 23.5 Å². The second-order valence-corrected chi connectivity index (χ2v) is 13.4. The Morgan fingerprint density at radius 1 is 1.08 bits per heavy atom. The lowest BCUT2D eigenvalue weighted by atomic mass is 10.0. The second kappa shape index (κ2) is 14.7. The minimum absolute atomic E-state index is 0.0914. The number of hydrogen-bond acceptors (Lipinski definition) is 15. The van der Waals surface area contributed by atoms with Gasteiger partial charge in [-0.15, -0.1) is 16.9 Å². The van der Waals surface area contributed by atoms with Crippen LogP contribution in [0.2, 0.25) is 0 Å². The number of rotatable bonds is 11. The second-order valence-electron chi connectivity index (χ2n) is 11.3. The number of aromatic nitrogens is 4. The van der Waals surface area contributed by atoms with Crippen LogP contribution in [0.3, 0.4) is 0 Å². The molecule has 4 aromatic rings. The standard InChI is InChI=1S/C32H27N7O11S2/c1-14(40)49-21-9-18-20(10-22(21)50-15(2)41)48-11-19(26(18)42)27(43)33-23(16-7-5-4-6-8-16)28(44)34-24-29(45)39-25(31(46)47)17(12-51-30(24)39)13-52-32-35-36-37-38(32)3/h4-11,23-24,30H,12-13H2,1-3H3,(H,33,43)(H,34,44)(H,46,47)/t23?,24-,30+/m1/s1. The van der Waals surface area contributed by atoms with Gasteiger partial charge in [-0.05, 0) is 27.6 Å². The number of nitrogens with zero attached hydrogens (tertiary/aromatic N) is 5. The van der Waals surface area contributed by atoms with Crippen LogP contribution in [-0.4, -0.2) is 88.8 Å². The van der Waals surface area contributed by atoms with Gasteiger partial charge in [0, 0.05) is 38.5 Å². The SMILES string of the molecule is CC(=O)Oc1cc2occ(C(=O)NC(C(=O)N[C@@H]3C(=O)N4C(C(=O)O)=C(CSc5nnnn5C)CS[C@@H]34)c3ccccc3)c(=O)c2cc1OC(C)=O. The number of carbonyl (C=O) groups is 6. The molecule has 52 heavy (non-hydrogen) atoms. The number of benzene rings is 2. The largest absolute Gasteiger partial charge is 0.477 e. The van der Waals surface area contributed by atoms with Crippen molar-refractivity contribution in [3.05, 3.63) is 81.3 Å². The fourth-order valence-corrected chi connectivity index (χ4v) is 7.78. The number of fused-ring (bicyclic) bond motifs is 2. The molecule has 2 aliphatic rings. The van der Waals surface area contributed by atoms with Gasteiger partial charge in [0.2, 0.25) is 16.5 Å². The number of thioether (sulfide) groups is 2. The van der Waals surface area contributed by atoms with Crippen molar-refractivity contribution >= 4 is 70.1 Å². The minimum atomic E-state index is -1.41. The summed E-state index contributed by atoms with van der Waals surface area (Å²) in [5, 5.41) is 25.9. The zero-order valence-corrected chi connectivity index (χ0v) is 29.0. The van der Waals surface area contributed by atoms with Gasteiger partial charge >= 0.3 is 17.9 Å². The zero-order chi connectivity index (χ0) is 37.3. The predicted molar refractivity (Wildman–Crippen MR) is 181 cm³/mol. The summed E-state index contributed by atoms with van der Waals surface area (Å²) in [7, 11) is 1.64. The number of carboxylic acid groups (broad SMARTS) is 1. The van der Waals surface area contributed by atoms with Crippen LogP contribution in [0, 0.1) is 0 Å². The number of β-lactam (4-membered cyclic amide) rings is 1. The van der Waals surface area contributed by atoms with Crippen LogP contribution in [0.4, 0.5) is 0 Å². The quantitative estimate of drug-likeness (QED) is 0.0843. The number of esters is 2. The molecule has 0 spiro atoms. The van der Waals surface area contributed by atoms with E-state index in [4.69, 9.17) is 13.9 Å². The van der Waals surface area contributed by atoms with Crippen molar-refractivity contribution in [1.82, 2.24) is 35.7 Å². The van der Waals surface area contributed by atoms with Crippen LogP contribution < -0.4 is 25.5 Å². The Balaban J connectivity index is 1.23. The number of carbonyl (C=O) groups excluding carboxylic acids is 5. The van der Waals surface area contributed by atoms with Gasteiger partial charge in [-0.25, -0.2) is 9.48 Å². The molecule has 2 aliphatic heterocycles. The maximum absolute atomic E-state index is 13.8. The Morgan fingerprint density at radius 2 is 1.77 bits per heavy atom. The van der Waals surface area contributed by atoms with E-state index in [2.05, 4.69) is 26.2 Å². The number of tetrazole rings is 1. The van der Waals surface area contributed by atoms with Gasteiger partial charge in [0.25, 0.3) is 11.8 Å². The van der Waals surface area contributed by atoms with Gasteiger partial charge in [-0.1, -0.05) is 42.1 Å². The fraction of sp³-hybridized carbons (Fsp3) is 0.250. The van der Waals surface area contributed by atoms with Gasteiger partial charge < -0.3 is 29.6 Å². The number of amides is 3. The van der Waals surface area contributed by atoms with Crippen LogP contribution in [0.15, 0.2) is 74.4 Å². The molecule has 2 aromatic heterocycles. The molecule has 4 heterocycles. The smallest absolute Gasteiger partial charge is 0.352 e. The first kappa shape index (κ1) is 35.8. The highest BCUT2D eigenvalue weighted by Crippen LogP contribution is 2.41. The highest BCUT2D eigenvalue weighted by Gasteiger charge is 2.54. The van der Waals surface area contributed by atoms with Crippen LogP contribution in [0.5, 0.6) is 11.5 Å². The Hall–Kier alpha value is -6.02. The Morgan fingerprint density at radius 3 is 2.40 bits per heavy atom. The lowest BCUT2D eigenvalue weighted by Crippen LogP contribution is -2.71. The fourth-order valence-electron chi connectivity index (χ4n) is 5.44. The molecule has 1 unspecified atom stereocenters. The topological polar surface area (TPSA) is 242 Å². The van der Waals surface area contributed by atoms with E-state index in [-0.39, 0.29) is 39.7 Å². The van der Waals surface area contributed by atoms with Gasteiger partial charge in [-0.2, -0.15) is 0 Å². The van der Waals surface area contributed by atoms with Crippen molar-refractivity contribution in [2.75, 3.05) is 11.5 Å². The van der Waals surface area contributed by atoms with E-state index in [0.29, 0.717) is 16.3 Å². The summed E-state index contributed by atoms with van der Waals surface area (Å²) in [5.41, 5.74) is -0.852. The molecular formula is C32H27N7O11S2. The molecule has 1 fully saturated rings. The van der Waals surface area contributed by atoms with Crippen molar-refractivity contribution in [3.63, 3.8) is 0 Å². The van der Waals surface area contributed by atoms with Gasteiger partial charge in [-0.3, -0.25) is 33.7 Å². The van der Waals surface area contributed by atoms with Crippen molar-refractivity contribution in [2.45, 2.75) is 36.5 Å². The molecule has 0 saturated carbocycles. The maximum Gasteiger partial charge on any atom is 0.352 e. The monoisotopic (exact) mass is 749 g/mol. The normalized spacial score (nSPS) is 17.1. The number of hydrogen-bond donors (Lipinski definition) is 3. The molecule has 0 aliphatic carbocycles. The molecule has 3 N–H and O–H groups in total. The summed E-state index contributed by atoms with van der Waals surface area (Å²) < 4.78 is 17.1. The van der Waals surface area contributed by atoms with Gasteiger partial charge in [0.15, 0.2) is 11.5 Å². The molecule has 3 atom stereocenters. The lowest BCUT2D eigenvalue weighted by molar-refractivity contribution is -0.151. The number of aryl methyl sites for hydroxylation is 1. The summed E-state index contributed by atoms with van der Waals surface area (Å²) in [4.78, 5) is 91.0. The maximum atomic E-state index is 13.8. The summed E-state index contributed by atoms with van der Waals surface area (Å²) in [6.07, 6.45) is 0.867. The zero-order valence-electron chi connectivity index (χ0n) is 27.3. The van der Waals surface area contributed by atoms with E-state index in [9.17, 15) is 38.7 Å². The van der Waals surface area contributed by atoms with E-state index < -0.39 is 64.1 Å². The number of nitrogens with one attached hydrogen (secondary N) is 2. The van der Waals surface area contributed by atoms with Crippen molar-refractivity contribution in [3.8, 4) is 11.5 Å². The lowest BCUT2D eigenvalue weighted by Gasteiger charge is -2.49. The summed E-state index contributed by atoms with van der Waals surface area (Å²) >= 11 is 2.48. The number of aliphatic carboxylic acids is 1. The molecule has 18 nitrogen and oxygen atoms in total. The molecule has 6 rings (SSSR count). The van der Waals surface area contributed by atoms with Crippen molar-refractivity contribution in [2.24, 2.45) is 7.05 Å². The Bertz CT molecular complexity index is 2240. The number of ether oxygens (including phenoxy) is 2. The molecule has 268 valence electrons. The first-order chi connectivity index (χ1) is 24.8. The van der Waals surface area contributed by atoms with E-state index in [1.54, 1.807) is 37.4 Å². The van der Waals surface area contributed by atoms with E-state index >= 15 is 0 Å². The van der Waals surface area contributed by atoms with Crippen molar-refractivity contribution < 1.29 is 47.8 Å². The average molecular weight is 750 g/mol. The highest BCUT2D eigenvalue weighted by molar-refractivity contribution is 8.01. The van der Waals surface area contributed by atoms with Crippen LogP contribution in [0.25, 0.3) is 11.0 Å². The summed E-state index contributed by atoms with van der Waals surface area (Å²) in [6.45, 7) is 2.22. The molecule has 1 saturated heterocycles. The predicted octanol–water partition coefficient (Wildman–Crippen LogP) is 1.17. The third-order valence-electron chi connectivity index (χ3n) is 7.77.